The van der Waals surface area contributed by atoms with Crippen LogP contribution < -0.4 is 5.32 Å². The number of amides is 1. The summed E-state index contributed by atoms with van der Waals surface area (Å²) < 4.78 is 2.29. The average Bonchev–Trinajstić information content (AvgIpc) is 2.95. The zero-order valence-corrected chi connectivity index (χ0v) is 16.9. The third-order valence-corrected chi connectivity index (χ3v) is 9.79. The summed E-state index contributed by atoms with van der Waals surface area (Å²) in [5, 5.41) is 8.44. The molecule has 0 aliphatic heterocycles. The fourth-order valence-electron chi connectivity index (χ4n) is 7.91. The lowest BCUT2D eigenvalue weighted by molar-refractivity contribution is 0.0894. The number of rotatable bonds is 3. The predicted octanol–water partition coefficient (Wildman–Crippen LogP) is 4.43. The zero-order chi connectivity index (χ0) is 18.4. The second kappa shape index (κ2) is 5.39. The van der Waals surface area contributed by atoms with Crippen LogP contribution in [0.1, 0.15) is 99.4 Å². The van der Waals surface area contributed by atoms with E-state index in [0.717, 1.165) is 30.4 Å². The van der Waals surface area contributed by atoms with E-state index in [1.807, 2.05) is 0 Å². The molecule has 1 N–H and O–H groups in total. The summed E-state index contributed by atoms with van der Waals surface area (Å²) in [6.45, 7) is 4.88. The molecule has 2 unspecified atom stereocenters. The van der Waals surface area contributed by atoms with Crippen molar-refractivity contribution in [3.63, 3.8) is 0 Å². The summed E-state index contributed by atoms with van der Waals surface area (Å²) in [6.07, 6.45) is 13.6. The van der Waals surface area contributed by atoms with Gasteiger partial charge in [-0.15, -0.1) is 0 Å². The lowest BCUT2D eigenvalue weighted by Gasteiger charge is -2.34. The van der Waals surface area contributed by atoms with Gasteiger partial charge >= 0.3 is 0 Å². The van der Waals surface area contributed by atoms with Crippen molar-refractivity contribution < 1.29 is 4.79 Å². The van der Waals surface area contributed by atoms with Gasteiger partial charge in [0.2, 0.25) is 0 Å². The molecule has 0 saturated heterocycles. The van der Waals surface area contributed by atoms with Crippen molar-refractivity contribution in [2.45, 2.75) is 96.6 Å². The Morgan fingerprint density at radius 1 is 1.04 bits per heavy atom. The summed E-state index contributed by atoms with van der Waals surface area (Å²) in [5.41, 5.74) is 4.29. The predicted molar refractivity (Wildman–Crippen MR) is 105 cm³/mol. The van der Waals surface area contributed by atoms with Crippen molar-refractivity contribution in [1.29, 1.82) is 0 Å². The smallest absolute Gasteiger partial charge is 0.272 e. The van der Waals surface area contributed by atoms with Gasteiger partial charge in [0.1, 0.15) is 0 Å². The molecule has 0 spiro atoms. The number of hydrogen-bond donors (Lipinski definition) is 1. The van der Waals surface area contributed by atoms with Crippen molar-refractivity contribution in [3.8, 4) is 0 Å². The van der Waals surface area contributed by atoms with Crippen molar-refractivity contribution in [1.82, 2.24) is 15.1 Å². The molecule has 0 bridgehead atoms. The van der Waals surface area contributed by atoms with Crippen LogP contribution in [0.15, 0.2) is 0 Å². The monoisotopic (exact) mass is 367 g/mol. The minimum atomic E-state index is 0.115. The normalized spacial score (nSPS) is 42.2. The first-order valence-electron chi connectivity index (χ1n) is 11.5. The van der Waals surface area contributed by atoms with Crippen LogP contribution >= 0.6 is 0 Å². The molecule has 0 radical (unpaired) electrons. The first-order valence-corrected chi connectivity index (χ1v) is 11.5. The lowest BCUT2D eigenvalue weighted by Crippen LogP contribution is -2.42. The molecule has 5 atom stereocenters. The van der Waals surface area contributed by atoms with Gasteiger partial charge in [0.05, 0.1) is 6.04 Å². The molecular formula is C23H33N3O. The molecule has 4 heteroatoms. The molecule has 5 aliphatic carbocycles. The molecular weight excluding hydrogens is 334 g/mol. The second-order valence-corrected chi connectivity index (χ2v) is 10.5. The van der Waals surface area contributed by atoms with Crippen LogP contribution in [-0.2, 0) is 12.8 Å². The Morgan fingerprint density at radius 3 is 2.52 bits per heavy atom. The van der Waals surface area contributed by atoms with E-state index in [0.29, 0.717) is 22.9 Å². The Kier molecular flexibility index (Phi) is 3.32. The van der Waals surface area contributed by atoms with Gasteiger partial charge in [-0.05, 0) is 74.0 Å². The Balaban J connectivity index is 1.28. The van der Waals surface area contributed by atoms with Gasteiger partial charge in [0.25, 0.3) is 5.91 Å². The van der Waals surface area contributed by atoms with Gasteiger partial charge < -0.3 is 5.32 Å². The number of fused-ring (bicyclic) bond motifs is 2. The summed E-state index contributed by atoms with van der Waals surface area (Å²) in [5.74, 6) is 1.80. The molecule has 146 valence electrons. The van der Waals surface area contributed by atoms with Crippen molar-refractivity contribution in [2.24, 2.45) is 22.7 Å². The van der Waals surface area contributed by atoms with E-state index in [2.05, 4.69) is 23.8 Å². The number of carbonyl (C=O) groups is 1. The van der Waals surface area contributed by atoms with Crippen LogP contribution in [0.2, 0.25) is 0 Å². The maximum atomic E-state index is 13.3. The third kappa shape index (κ3) is 1.95. The molecule has 27 heavy (non-hydrogen) atoms. The number of hydrogen-bond acceptors (Lipinski definition) is 2. The minimum absolute atomic E-state index is 0.115. The lowest BCUT2D eigenvalue weighted by atomic mass is 9.73. The molecule has 4 saturated carbocycles. The second-order valence-electron chi connectivity index (χ2n) is 10.5. The highest BCUT2D eigenvalue weighted by atomic mass is 16.2. The van der Waals surface area contributed by atoms with Gasteiger partial charge in [0.15, 0.2) is 5.69 Å². The maximum Gasteiger partial charge on any atom is 0.272 e. The highest BCUT2D eigenvalue weighted by molar-refractivity contribution is 5.94. The first-order chi connectivity index (χ1) is 13.0. The molecule has 4 fully saturated rings. The van der Waals surface area contributed by atoms with Crippen LogP contribution in [0.5, 0.6) is 0 Å². The molecule has 4 nitrogen and oxygen atoms in total. The molecule has 1 amide bonds. The quantitative estimate of drug-likeness (QED) is 0.859. The van der Waals surface area contributed by atoms with Crippen LogP contribution in [0, 0.1) is 22.7 Å². The molecule has 0 aromatic carbocycles. The zero-order valence-electron chi connectivity index (χ0n) is 16.9. The van der Waals surface area contributed by atoms with Gasteiger partial charge in [0, 0.05) is 17.3 Å². The number of nitrogens with one attached hydrogen (secondary N) is 1. The van der Waals surface area contributed by atoms with Gasteiger partial charge in [-0.2, -0.15) is 5.10 Å². The molecule has 1 aromatic rings. The maximum absolute atomic E-state index is 13.3. The van der Waals surface area contributed by atoms with Crippen molar-refractivity contribution >= 4 is 5.91 Å². The summed E-state index contributed by atoms with van der Waals surface area (Å²) in [7, 11) is 0. The van der Waals surface area contributed by atoms with Gasteiger partial charge in [-0.25, -0.2) is 0 Å². The molecule has 5 aliphatic rings. The minimum Gasteiger partial charge on any atom is -0.347 e. The highest BCUT2D eigenvalue weighted by Crippen LogP contribution is 2.89. The van der Waals surface area contributed by atoms with E-state index in [1.54, 1.807) is 0 Å². The Hall–Kier alpha value is -1.32. The summed E-state index contributed by atoms with van der Waals surface area (Å²) in [4.78, 5) is 13.3. The summed E-state index contributed by atoms with van der Waals surface area (Å²) in [6, 6.07) is 0.883. The van der Waals surface area contributed by atoms with Gasteiger partial charge in [-0.3, -0.25) is 9.48 Å². The first kappa shape index (κ1) is 16.6. The summed E-state index contributed by atoms with van der Waals surface area (Å²) >= 11 is 0. The van der Waals surface area contributed by atoms with E-state index in [1.165, 1.54) is 69.0 Å². The standard InChI is InChI=1S/C23H33N3O/c1-22-14-12-18(22)23(22,2)19(13-14)24-21(27)20-16-10-6-7-11-17(16)26(25-20)15-8-4-3-5-9-15/h14-15,18-19H,3-13H2,1-2H3,(H,24,27)/t14-,18-,19?,22?,23+/m0/s1. The van der Waals surface area contributed by atoms with Crippen molar-refractivity contribution in [3.05, 3.63) is 17.0 Å². The Bertz CT molecular complexity index is 801. The van der Waals surface area contributed by atoms with E-state index in [4.69, 9.17) is 5.10 Å². The number of nitrogens with zero attached hydrogens (tertiary/aromatic N) is 2. The SMILES string of the molecule is CC12[C@@H]3CC(NC(=O)c4nn(C5CCCCC5)c5c4CCCC5)[C@@]1(C)[C@H]2C3. The molecule has 1 heterocycles. The average molecular weight is 368 g/mol. The van der Waals surface area contributed by atoms with E-state index in [-0.39, 0.29) is 5.91 Å². The van der Waals surface area contributed by atoms with Crippen LogP contribution in [0.3, 0.4) is 0 Å². The van der Waals surface area contributed by atoms with Gasteiger partial charge in [-0.1, -0.05) is 33.1 Å². The Morgan fingerprint density at radius 2 is 1.81 bits per heavy atom. The fourth-order valence-corrected chi connectivity index (χ4v) is 7.91. The van der Waals surface area contributed by atoms with Crippen molar-refractivity contribution in [2.75, 3.05) is 0 Å². The molecule has 1 aromatic heterocycles. The van der Waals surface area contributed by atoms with E-state index in [9.17, 15) is 4.79 Å². The van der Waals surface area contributed by atoms with E-state index < -0.39 is 0 Å². The highest BCUT2D eigenvalue weighted by Gasteiger charge is 2.86. The topological polar surface area (TPSA) is 46.9 Å². The third-order valence-electron chi connectivity index (χ3n) is 9.79. The molecule has 6 rings (SSSR count). The fraction of sp³-hybridized carbons (Fsp3) is 0.826. The number of aromatic nitrogens is 2. The largest absolute Gasteiger partial charge is 0.347 e. The van der Waals surface area contributed by atoms with Crippen LogP contribution in [0.25, 0.3) is 0 Å². The van der Waals surface area contributed by atoms with Crippen LogP contribution in [-0.4, -0.2) is 21.7 Å². The van der Waals surface area contributed by atoms with Crippen LogP contribution in [0.4, 0.5) is 0 Å². The number of carbonyl (C=O) groups excluding carboxylic acids is 1. The Labute approximate surface area is 162 Å². The van der Waals surface area contributed by atoms with E-state index >= 15 is 0 Å².